The lowest BCUT2D eigenvalue weighted by Crippen LogP contribution is -2.28. The Kier molecular flexibility index (Phi) is 3.65. The van der Waals surface area contributed by atoms with Gasteiger partial charge in [-0.1, -0.05) is 12.1 Å². The molecule has 1 unspecified atom stereocenters. The first-order chi connectivity index (χ1) is 8.83. The molecule has 3 nitrogen and oxygen atoms in total. The van der Waals surface area contributed by atoms with Gasteiger partial charge >= 0.3 is 0 Å². The van der Waals surface area contributed by atoms with E-state index in [0.717, 1.165) is 24.6 Å². The monoisotopic (exact) mass is 353 g/mol. The van der Waals surface area contributed by atoms with E-state index in [1.807, 2.05) is 6.20 Å². The first-order valence-corrected chi connectivity index (χ1v) is 7.42. The van der Waals surface area contributed by atoms with Gasteiger partial charge in [-0.05, 0) is 59.7 Å². The number of nitrogens with zero attached hydrogens (tertiary/aromatic N) is 1. The fraction of sp³-hybridized carbons (Fsp3) is 0.357. The molecule has 2 N–H and O–H groups in total. The zero-order valence-electron chi connectivity index (χ0n) is 10.1. The van der Waals surface area contributed by atoms with Crippen molar-refractivity contribution in [3.63, 3.8) is 0 Å². The molecule has 0 aliphatic carbocycles. The molecule has 3 rings (SSSR count). The van der Waals surface area contributed by atoms with E-state index >= 15 is 0 Å². The summed E-state index contributed by atoms with van der Waals surface area (Å²) in [6, 6.07) is 8.52. The van der Waals surface area contributed by atoms with Gasteiger partial charge in [-0.3, -0.25) is 0 Å². The summed E-state index contributed by atoms with van der Waals surface area (Å²) < 4.78 is 1.26. The molecule has 2 aromatic rings. The van der Waals surface area contributed by atoms with Gasteiger partial charge in [0.05, 0.1) is 11.9 Å². The van der Waals surface area contributed by atoms with E-state index in [0.29, 0.717) is 5.92 Å². The van der Waals surface area contributed by atoms with Crippen molar-refractivity contribution in [2.24, 2.45) is 0 Å². The van der Waals surface area contributed by atoms with E-state index in [1.165, 1.54) is 22.0 Å². The predicted molar refractivity (Wildman–Crippen MR) is 81.6 cm³/mol. The number of piperidine rings is 1. The maximum atomic E-state index is 4.54. The number of hydrogen-bond acceptors (Lipinski definition) is 2. The molecular weight excluding hydrogens is 337 g/mol. The van der Waals surface area contributed by atoms with Gasteiger partial charge in [0, 0.05) is 16.0 Å². The lowest BCUT2D eigenvalue weighted by molar-refractivity contribution is 0.449. The molecule has 1 atom stereocenters. The topological polar surface area (TPSA) is 40.7 Å². The van der Waals surface area contributed by atoms with Gasteiger partial charge in [-0.25, -0.2) is 4.98 Å². The molecule has 94 valence electrons. The SMILES string of the molecule is Ic1ccc(-c2cnc(C3CCCNC3)[nH]2)cc1. The lowest BCUT2D eigenvalue weighted by atomic mass is 9.99. The van der Waals surface area contributed by atoms with Crippen LogP contribution < -0.4 is 5.32 Å². The first-order valence-electron chi connectivity index (χ1n) is 6.34. The smallest absolute Gasteiger partial charge is 0.110 e. The summed E-state index contributed by atoms with van der Waals surface area (Å²) in [5, 5.41) is 3.43. The fourth-order valence-electron chi connectivity index (χ4n) is 2.41. The van der Waals surface area contributed by atoms with Crippen LogP contribution in [0.3, 0.4) is 0 Å². The van der Waals surface area contributed by atoms with Gasteiger partial charge in [-0.15, -0.1) is 0 Å². The van der Waals surface area contributed by atoms with Crippen molar-refractivity contribution >= 4 is 22.6 Å². The molecule has 0 radical (unpaired) electrons. The molecule has 1 aromatic carbocycles. The van der Waals surface area contributed by atoms with Gasteiger partial charge < -0.3 is 10.3 Å². The highest BCUT2D eigenvalue weighted by molar-refractivity contribution is 14.1. The molecule has 1 aromatic heterocycles. The van der Waals surface area contributed by atoms with Crippen LogP contribution in [0.25, 0.3) is 11.3 Å². The number of hydrogen-bond donors (Lipinski definition) is 2. The van der Waals surface area contributed by atoms with Crippen LogP contribution in [0.15, 0.2) is 30.5 Å². The van der Waals surface area contributed by atoms with E-state index in [9.17, 15) is 0 Å². The average molecular weight is 353 g/mol. The highest BCUT2D eigenvalue weighted by Crippen LogP contribution is 2.24. The Morgan fingerprint density at radius 2 is 2.06 bits per heavy atom. The third kappa shape index (κ3) is 2.59. The van der Waals surface area contributed by atoms with E-state index in [2.05, 4.69) is 62.1 Å². The predicted octanol–water partition coefficient (Wildman–Crippen LogP) is 3.15. The summed E-state index contributed by atoms with van der Waals surface area (Å²) in [7, 11) is 0. The number of halogens is 1. The minimum Gasteiger partial charge on any atom is -0.342 e. The number of imidazole rings is 1. The molecule has 0 spiro atoms. The number of aromatic nitrogens is 2. The van der Waals surface area contributed by atoms with Crippen LogP contribution in [-0.2, 0) is 0 Å². The summed E-state index contributed by atoms with van der Waals surface area (Å²) in [5.74, 6) is 1.66. The second-order valence-corrected chi connectivity index (χ2v) is 5.98. The lowest BCUT2D eigenvalue weighted by Gasteiger charge is -2.20. The zero-order valence-corrected chi connectivity index (χ0v) is 12.3. The Balaban J connectivity index is 1.82. The van der Waals surface area contributed by atoms with Crippen molar-refractivity contribution in [2.45, 2.75) is 18.8 Å². The Hall–Kier alpha value is -0.880. The Morgan fingerprint density at radius 3 is 2.78 bits per heavy atom. The molecule has 1 aliphatic heterocycles. The summed E-state index contributed by atoms with van der Waals surface area (Å²) >= 11 is 2.32. The molecule has 4 heteroatoms. The third-order valence-electron chi connectivity index (χ3n) is 3.43. The highest BCUT2D eigenvalue weighted by Gasteiger charge is 2.18. The standard InChI is InChI=1S/C14H16IN3/c15-12-5-3-10(4-6-12)13-9-17-14(18-13)11-2-1-7-16-8-11/h3-6,9,11,16H,1-2,7-8H2,(H,17,18). The first kappa shape index (κ1) is 12.2. The summed E-state index contributed by atoms with van der Waals surface area (Å²) in [5.41, 5.74) is 2.32. The Morgan fingerprint density at radius 1 is 1.22 bits per heavy atom. The Bertz CT molecular complexity index is 512. The van der Waals surface area contributed by atoms with Crippen molar-refractivity contribution in [3.8, 4) is 11.3 Å². The van der Waals surface area contributed by atoms with Crippen molar-refractivity contribution < 1.29 is 0 Å². The van der Waals surface area contributed by atoms with E-state index in [-0.39, 0.29) is 0 Å². The summed E-state index contributed by atoms with van der Waals surface area (Å²) in [6.07, 6.45) is 4.42. The minimum absolute atomic E-state index is 0.538. The molecule has 0 amide bonds. The van der Waals surface area contributed by atoms with Crippen molar-refractivity contribution in [1.29, 1.82) is 0 Å². The molecule has 0 saturated carbocycles. The normalized spacial score (nSPS) is 19.9. The van der Waals surface area contributed by atoms with Crippen LogP contribution in [-0.4, -0.2) is 23.1 Å². The number of nitrogens with one attached hydrogen (secondary N) is 2. The molecule has 0 bridgehead atoms. The van der Waals surface area contributed by atoms with Crippen LogP contribution in [0.1, 0.15) is 24.6 Å². The average Bonchev–Trinajstić information content (AvgIpc) is 2.90. The number of aromatic amines is 1. The molecule has 1 saturated heterocycles. The van der Waals surface area contributed by atoms with Crippen molar-refractivity contribution in [3.05, 3.63) is 39.9 Å². The minimum atomic E-state index is 0.538. The van der Waals surface area contributed by atoms with Crippen LogP contribution in [0.2, 0.25) is 0 Å². The second kappa shape index (κ2) is 5.40. The van der Waals surface area contributed by atoms with E-state index in [4.69, 9.17) is 0 Å². The van der Waals surface area contributed by atoms with Crippen LogP contribution in [0.4, 0.5) is 0 Å². The molecule has 1 aliphatic rings. The quantitative estimate of drug-likeness (QED) is 0.815. The number of benzene rings is 1. The molecule has 1 fully saturated rings. The van der Waals surface area contributed by atoms with E-state index in [1.54, 1.807) is 0 Å². The number of rotatable bonds is 2. The van der Waals surface area contributed by atoms with E-state index < -0.39 is 0 Å². The van der Waals surface area contributed by atoms with Crippen molar-refractivity contribution in [2.75, 3.05) is 13.1 Å². The summed E-state index contributed by atoms with van der Waals surface area (Å²) in [6.45, 7) is 2.18. The third-order valence-corrected chi connectivity index (χ3v) is 4.15. The maximum absolute atomic E-state index is 4.54. The zero-order chi connectivity index (χ0) is 12.4. The molecular formula is C14H16IN3. The highest BCUT2D eigenvalue weighted by atomic mass is 127. The van der Waals surface area contributed by atoms with Gasteiger partial charge in [0.1, 0.15) is 5.82 Å². The second-order valence-electron chi connectivity index (χ2n) is 4.73. The fourth-order valence-corrected chi connectivity index (χ4v) is 2.77. The largest absolute Gasteiger partial charge is 0.342 e. The maximum Gasteiger partial charge on any atom is 0.110 e. The van der Waals surface area contributed by atoms with Crippen LogP contribution in [0, 0.1) is 3.57 Å². The van der Waals surface area contributed by atoms with Gasteiger partial charge in [0.15, 0.2) is 0 Å². The number of H-pyrrole nitrogens is 1. The Labute approximate surface area is 121 Å². The summed E-state index contributed by atoms with van der Waals surface area (Å²) in [4.78, 5) is 8.01. The van der Waals surface area contributed by atoms with Gasteiger partial charge in [-0.2, -0.15) is 0 Å². The van der Waals surface area contributed by atoms with Gasteiger partial charge in [0.25, 0.3) is 0 Å². The molecule has 18 heavy (non-hydrogen) atoms. The van der Waals surface area contributed by atoms with Crippen LogP contribution >= 0.6 is 22.6 Å². The molecule has 2 heterocycles. The van der Waals surface area contributed by atoms with Crippen molar-refractivity contribution in [1.82, 2.24) is 15.3 Å². The van der Waals surface area contributed by atoms with Gasteiger partial charge in [0.2, 0.25) is 0 Å². The van der Waals surface area contributed by atoms with Crippen LogP contribution in [0.5, 0.6) is 0 Å².